The van der Waals surface area contributed by atoms with E-state index in [0.29, 0.717) is 9.23 Å². The SMILES string of the molecule is CN1/C(=C2\SC(=S)N(CCS(=O)(=O)O)C2=O)Sc2ccccc21. The van der Waals surface area contributed by atoms with Crippen molar-refractivity contribution in [1.82, 2.24) is 4.90 Å². The van der Waals surface area contributed by atoms with E-state index < -0.39 is 15.9 Å². The molecule has 2 aliphatic rings. The molecule has 10 heteroatoms. The molecule has 0 bridgehead atoms. The number of thioether (sulfide) groups is 2. The van der Waals surface area contributed by atoms with Crippen molar-refractivity contribution in [2.24, 2.45) is 0 Å². The summed E-state index contributed by atoms with van der Waals surface area (Å²) in [5.74, 6) is -0.864. The molecule has 0 saturated carbocycles. The smallest absolute Gasteiger partial charge is 0.268 e. The molecule has 0 spiro atoms. The van der Waals surface area contributed by atoms with Crippen LogP contribution in [0, 0.1) is 0 Å². The molecule has 1 saturated heterocycles. The van der Waals surface area contributed by atoms with Crippen molar-refractivity contribution < 1.29 is 17.8 Å². The van der Waals surface area contributed by atoms with Gasteiger partial charge in [0.05, 0.1) is 16.5 Å². The van der Waals surface area contributed by atoms with Gasteiger partial charge in [0.1, 0.15) is 9.23 Å². The Balaban J connectivity index is 1.88. The quantitative estimate of drug-likeness (QED) is 0.479. The number of rotatable bonds is 3. The molecule has 0 aromatic heterocycles. The number of para-hydroxylation sites is 1. The Bertz CT molecular complexity index is 834. The fourth-order valence-corrected chi connectivity index (χ4v) is 5.28. The highest BCUT2D eigenvalue weighted by atomic mass is 32.2. The topological polar surface area (TPSA) is 77.9 Å². The van der Waals surface area contributed by atoms with Gasteiger partial charge in [0.15, 0.2) is 0 Å². The Morgan fingerprint density at radius 3 is 2.61 bits per heavy atom. The van der Waals surface area contributed by atoms with Crippen LogP contribution in [0.1, 0.15) is 0 Å². The minimum absolute atomic E-state index is 0.151. The monoisotopic (exact) mass is 388 g/mol. The molecule has 1 amide bonds. The maximum absolute atomic E-state index is 12.6. The van der Waals surface area contributed by atoms with Crippen molar-refractivity contribution in [3.05, 3.63) is 34.2 Å². The van der Waals surface area contributed by atoms with Crippen LogP contribution in [0.2, 0.25) is 0 Å². The zero-order valence-corrected chi connectivity index (χ0v) is 15.2. The number of nitrogens with zero attached hydrogens (tertiary/aromatic N) is 2. The number of amides is 1. The summed E-state index contributed by atoms with van der Waals surface area (Å²) in [6.45, 7) is -0.151. The number of anilines is 1. The molecule has 0 unspecified atom stereocenters. The van der Waals surface area contributed by atoms with E-state index in [2.05, 4.69) is 0 Å². The Morgan fingerprint density at radius 1 is 1.26 bits per heavy atom. The summed E-state index contributed by atoms with van der Waals surface area (Å²) in [4.78, 5) is 17.2. The minimum Gasteiger partial charge on any atom is -0.337 e. The Morgan fingerprint density at radius 2 is 1.96 bits per heavy atom. The largest absolute Gasteiger partial charge is 0.337 e. The highest BCUT2D eigenvalue weighted by Crippen LogP contribution is 2.49. The van der Waals surface area contributed by atoms with E-state index in [0.717, 1.165) is 27.4 Å². The highest BCUT2D eigenvalue weighted by Gasteiger charge is 2.38. The van der Waals surface area contributed by atoms with E-state index >= 15 is 0 Å². The molecule has 1 N–H and O–H groups in total. The Hall–Kier alpha value is -1.07. The second-order valence-electron chi connectivity index (χ2n) is 4.87. The second-order valence-corrected chi connectivity index (χ2v) is 9.12. The number of benzene rings is 1. The lowest BCUT2D eigenvalue weighted by atomic mass is 10.3. The van der Waals surface area contributed by atoms with Gasteiger partial charge >= 0.3 is 0 Å². The van der Waals surface area contributed by atoms with E-state index in [1.165, 1.54) is 16.7 Å². The van der Waals surface area contributed by atoms with E-state index in [9.17, 15) is 13.2 Å². The molecule has 0 radical (unpaired) electrons. The van der Waals surface area contributed by atoms with Gasteiger partial charge in [0.25, 0.3) is 16.0 Å². The summed E-state index contributed by atoms with van der Waals surface area (Å²) in [6.07, 6.45) is 0. The van der Waals surface area contributed by atoms with E-state index in [-0.39, 0.29) is 12.5 Å². The normalized spacial score (nSPS) is 21.3. The summed E-state index contributed by atoms with van der Waals surface area (Å²) in [7, 11) is -2.27. The maximum atomic E-state index is 12.6. The van der Waals surface area contributed by atoms with Gasteiger partial charge in [-0.1, -0.05) is 47.9 Å². The van der Waals surface area contributed by atoms with E-state index in [4.69, 9.17) is 16.8 Å². The van der Waals surface area contributed by atoms with Crippen LogP contribution in [0.25, 0.3) is 0 Å². The van der Waals surface area contributed by atoms with Gasteiger partial charge in [0, 0.05) is 18.5 Å². The third-order valence-electron chi connectivity index (χ3n) is 3.35. The summed E-state index contributed by atoms with van der Waals surface area (Å²) < 4.78 is 30.9. The van der Waals surface area contributed by atoms with E-state index in [1.54, 1.807) is 0 Å². The zero-order chi connectivity index (χ0) is 16.8. The van der Waals surface area contributed by atoms with Crippen molar-refractivity contribution >= 4 is 61.8 Å². The van der Waals surface area contributed by atoms with Crippen LogP contribution in [-0.4, -0.2) is 47.4 Å². The third kappa shape index (κ3) is 3.26. The fourth-order valence-electron chi connectivity index (χ4n) is 2.23. The lowest BCUT2D eigenvalue weighted by Crippen LogP contribution is -2.33. The number of carbonyl (C=O) groups is 1. The summed E-state index contributed by atoms with van der Waals surface area (Å²) in [5, 5.41) is 0.776. The molecule has 0 atom stereocenters. The first-order valence-electron chi connectivity index (χ1n) is 6.51. The van der Waals surface area contributed by atoms with Crippen LogP contribution in [0.15, 0.2) is 39.1 Å². The van der Waals surface area contributed by atoms with Gasteiger partial charge < -0.3 is 4.90 Å². The summed E-state index contributed by atoms with van der Waals surface area (Å²) in [5.41, 5.74) is 1.01. The lowest BCUT2D eigenvalue weighted by Gasteiger charge is -2.15. The van der Waals surface area contributed by atoms with Gasteiger partial charge in [-0.2, -0.15) is 8.42 Å². The standard InChI is InChI=1S/C13H12N2O4S4/c1-14-8-4-2-3-5-9(8)21-12(14)10-11(16)15(13(20)22-10)6-7-23(17,18)19/h2-5H,6-7H2,1H3,(H,17,18,19)/b12-10+. The number of thiocarbonyl (C=S) groups is 1. The molecule has 1 fully saturated rings. The van der Waals surface area contributed by atoms with Crippen LogP contribution >= 0.6 is 35.7 Å². The molecule has 1 aromatic rings. The van der Waals surface area contributed by atoms with Crippen molar-refractivity contribution in [1.29, 1.82) is 0 Å². The molecule has 2 aliphatic heterocycles. The second kappa shape index (κ2) is 6.10. The van der Waals surface area contributed by atoms with Crippen LogP contribution in [0.5, 0.6) is 0 Å². The van der Waals surface area contributed by atoms with Crippen molar-refractivity contribution in [3.63, 3.8) is 0 Å². The van der Waals surface area contributed by atoms with E-state index in [1.807, 2.05) is 36.2 Å². The van der Waals surface area contributed by atoms with Gasteiger partial charge in [-0.05, 0) is 12.1 Å². The average Bonchev–Trinajstić information content (AvgIpc) is 2.94. The van der Waals surface area contributed by atoms with Gasteiger partial charge in [-0.25, -0.2) is 0 Å². The van der Waals surface area contributed by atoms with Gasteiger partial charge in [0.2, 0.25) is 0 Å². The molecule has 6 nitrogen and oxygen atoms in total. The Labute approximate surface area is 147 Å². The van der Waals surface area contributed by atoms with Crippen LogP contribution in [-0.2, 0) is 14.9 Å². The minimum atomic E-state index is -4.14. The first-order chi connectivity index (χ1) is 10.8. The van der Waals surface area contributed by atoms with Crippen LogP contribution in [0.4, 0.5) is 5.69 Å². The molecule has 23 heavy (non-hydrogen) atoms. The number of carbonyl (C=O) groups excluding carboxylic acids is 1. The van der Waals surface area contributed by atoms with Crippen molar-refractivity contribution in [2.45, 2.75) is 4.90 Å². The Kier molecular flexibility index (Phi) is 4.45. The molecule has 1 aromatic carbocycles. The molecule has 122 valence electrons. The van der Waals surface area contributed by atoms with Crippen LogP contribution in [0.3, 0.4) is 0 Å². The maximum Gasteiger partial charge on any atom is 0.268 e. The zero-order valence-electron chi connectivity index (χ0n) is 11.9. The number of fused-ring (bicyclic) bond motifs is 1. The fraction of sp³-hybridized carbons (Fsp3) is 0.231. The first-order valence-corrected chi connectivity index (χ1v) is 10.2. The first kappa shape index (κ1) is 16.8. The third-order valence-corrected chi connectivity index (χ3v) is 6.86. The lowest BCUT2D eigenvalue weighted by molar-refractivity contribution is -0.122. The predicted octanol–water partition coefficient (Wildman–Crippen LogP) is 2.15. The summed E-state index contributed by atoms with van der Waals surface area (Å²) in [6, 6.07) is 7.80. The highest BCUT2D eigenvalue weighted by molar-refractivity contribution is 8.27. The predicted molar refractivity (Wildman–Crippen MR) is 96.0 cm³/mol. The van der Waals surface area contributed by atoms with Crippen molar-refractivity contribution in [2.75, 3.05) is 24.2 Å². The van der Waals surface area contributed by atoms with Gasteiger partial charge in [-0.3, -0.25) is 14.2 Å². The number of hydrogen-bond acceptors (Lipinski definition) is 7. The van der Waals surface area contributed by atoms with Gasteiger partial charge in [-0.15, -0.1) is 0 Å². The van der Waals surface area contributed by atoms with Crippen molar-refractivity contribution in [3.8, 4) is 0 Å². The molecule has 0 aliphatic carbocycles. The number of hydrogen-bond donors (Lipinski definition) is 1. The molecule has 3 rings (SSSR count). The summed E-state index contributed by atoms with van der Waals surface area (Å²) >= 11 is 7.81. The van der Waals surface area contributed by atoms with Crippen LogP contribution < -0.4 is 4.90 Å². The molecule has 2 heterocycles. The molecular formula is C13H12N2O4S4. The average molecular weight is 389 g/mol. The molecular weight excluding hydrogens is 376 g/mol.